The number of amides is 1. The molecule has 0 aliphatic heterocycles. The van der Waals surface area contributed by atoms with E-state index in [1.165, 1.54) is 6.33 Å². The van der Waals surface area contributed by atoms with Crippen LogP contribution < -0.4 is 16.8 Å². The highest BCUT2D eigenvalue weighted by molar-refractivity contribution is 5.91. The number of nitrogen functional groups attached to an aromatic ring is 1. The van der Waals surface area contributed by atoms with Crippen molar-refractivity contribution in [3.8, 4) is 0 Å². The average Bonchev–Trinajstić information content (AvgIpc) is 2.27. The van der Waals surface area contributed by atoms with E-state index in [2.05, 4.69) is 15.3 Å². The number of carbonyl (C=O) groups excluding carboxylic acids is 1. The Morgan fingerprint density at radius 2 is 2.11 bits per heavy atom. The average molecular weight is 259 g/mol. The summed E-state index contributed by atoms with van der Waals surface area (Å²) in [4.78, 5) is 19.4. The molecule has 1 aromatic heterocycles. The Kier molecular flexibility index (Phi) is 3.25. The number of fused-ring (bicyclic) bond motifs is 1. The zero-order valence-corrected chi connectivity index (χ0v) is 11.0. The Morgan fingerprint density at radius 3 is 2.79 bits per heavy atom. The molecule has 1 amide bonds. The van der Waals surface area contributed by atoms with Crippen LogP contribution >= 0.6 is 0 Å². The van der Waals surface area contributed by atoms with E-state index in [0.717, 1.165) is 10.9 Å². The van der Waals surface area contributed by atoms with Crippen LogP contribution in [-0.4, -0.2) is 21.4 Å². The number of nitrogens with zero attached hydrogens (tertiary/aromatic N) is 2. The molecule has 0 aliphatic rings. The lowest BCUT2D eigenvalue weighted by Crippen LogP contribution is -2.36. The molecule has 2 rings (SSSR count). The summed E-state index contributed by atoms with van der Waals surface area (Å²) in [6, 6.07) is 5.42. The first-order valence-electron chi connectivity index (χ1n) is 5.94. The van der Waals surface area contributed by atoms with Crippen LogP contribution in [0.25, 0.3) is 10.9 Å². The minimum atomic E-state index is -0.488. The van der Waals surface area contributed by atoms with Crippen molar-refractivity contribution >= 4 is 28.3 Å². The molecule has 2 aromatic rings. The molecule has 0 aliphatic carbocycles. The zero-order chi connectivity index (χ0) is 14.0. The van der Waals surface area contributed by atoms with E-state index in [-0.39, 0.29) is 12.3 Å². The summed E-state index contributed by atoms with van der Waals surface area (Å²) in [7, 11) is 0. The largest absolute Gasteiger partial charge is 0.399 e. The summed E-state index contributed by atoms with van der Waals surface area (Å²) in [5.74, 6) is 0.277. The fraction of sp³-hybridized carbons (Fsp3) is 0.308. The van der Waals surface area contributed by atoms with E-state index in [0.29, 0.717) is 11.5 Å². The van der Waals surface area contributed by atoms with Crippen LogP contribution in [0.2, 0.25) is 0 Å². The predicted molar refractivity (Wildman–Crippen MR) is 75.5 cm³/mol. The minimum Gasteiger partial charge on any atom is -0.399 e. The maximum Gasteiger partial charge on any atom is 0.219 e. The molecule has 6 heteroatoms. The maximum atomic E-state index is 11.1. The third kappa shape index (κ3) is 3.09. The molecule has 0 saturated heterocycles. The van der Waals surface area contributed by atoms with Gasteiger partial charge >= 0.3 is 0 Å². The number of anilines is 2. The lowest BCUT2D eigenvalue weighted by molar-refractivity contribution is -0.118. The van der Waals surface area contributed by atoms with Gasteiger partial charge in [0.25, 0.3) is 0 Å². The standard InChI is InChI=1S/C13H17N5O/c1-13(2,6-11(15)19)18-12-9-5-8(14)3-4-10(9)16-7-17-12/h3-5,7H,6,14H2,1-2H3,(H2,15,19)(H,16,17,18). The molecular formula is C13H17N5O. The van der Waals surface area contributed by atoms with Gasteiger partial charge < -0.3 is 16.8 Å². The van der Waals surface area contributed by atoms with Crippen molar-refractivity contribution in [3.05, 3.63) is 24.5 Å². The molecule has 0 fully saturated rings. The third-order valence-corrected chi connectivity index (χ3v) is 2.73. The molecule has 5 N–H and O–H groups in total. The van der Waals surface area contributed by atoms with Crippen LogP contribution in [-0.2, 0) is 4.79 Å². The van der Waals surface area contributed by atoms with Gasteiger partial charge in [-0.3, -0.25) is 4.79 Å². The van der Waals surface area contributed by atoms with Gasteiger partial charge in [0.15, 0.2) is 0 Å². The Hall–Kier alpha value is -2.37. The van der Waals surface area contributed by atoms with E-state index in [1.54, 1.807) is 12.1 Å². The molecule has 0 saturated carbocycles. The minimum absolute atomic E-state index is 0.209. The number of rotatable bonds is 4. The van der Waals surface area contributed by atoms with Gasteiger partial charge in [-0.15, -0.1) is 0 Å². The molecule has 0 bridgehead atoms. The number of nitrogens with two attached hydrogens (primary N) is 2. The highest BCUT2D eigenvalue weighted by Gasteiger charge is 2.21. The van der Waals surface area contributed by atoms with Gasteiger partial charge in [0.2, 0.25) is 5.91 Å². The van der Waals surface area contributed by atoms with Gasteiger partial charge in [0.05, 0.1) is 5.52 Å². The highest BCUT2D eigenvalue weighted by Crippen LogP contribution is 2.25. The topological polar surface area (TPSA) is 107 Å². The Labute approximate surface area is 111 Å². The summed E-state index contributed by atoms with van der Waals surface area (Å²) in [6.07, 6.45) is 1.68. The summed E-state index contributed by atoms with van der Waals surface area (Å²) >= 11 is 0. The number of primary amides is 1. The van der Waals surface area contributed by atoms with Gasteiger partial charge in [-0.25, -0.2) is 9.97 Å². The van der Waals surface area contributed by atoms with Crippen molar-refractivity contribution in [2.45, 2.75) is 25.8 Å². The summed E-state index contributed by atoms with van der Waals surface area (Å²) in [5.41, 5.74) is 12.0. The number of aromatic nitrogens is 2. The number of hydrogen-bond acceptors (Lipinski definition) is 5. The van der Waals surface area contributed by atoms with Gasteiger partial charge in [0.1, 0.15) is 12.1 Å². The SMILES string of the molecule is CC(C)(CC(N)=O)Nc1ncnc2ccc(N)cc12. The van der Waals surface area contributed by atoms with Crippen molar-refractivity contribution in [1.82, 2.24) is 9.97 Å². The fourth-order valence-electron chi connectivity index (χ4n) is 1.97. The van der Waals surface area contributed by atoms with Crippen LogP contribution in [0.1, 0.15) is 20.3 Å². The Bertz CT molecular complexity index is 623. The lowest BCUT2D eigenvalue weighted by Gasteiger charge is -2.26. The van der Waals surface area contributed by atoms with E-state index >= 15 is 0 Å². The van der Waals surface area contributed by atoms with Crippen molar-refractivity contribution in [3.63, 3.8) is 0 Å². The maximum absolute atomic E-state index is 11.1. The second-order valence-electron chi connectivity index (χ2n) is 5.15. The van der Waals surface area contributed by atoms with E-state index in [4.69, 9.17) is 11.5 Å². The number of carbonyl (C=O) groups is 1. The number of benzene rings is 1. The molecule has 1 heterocycles. The van der Waals surface area contributed by atoms with Crippen LogP contribution in [0.15, 0.2) is 24.5 Å². The van der Waals surface area contributed by atoms with Crippen LogP contribution in [0, 0.1) is 0 Å². The van der Waals surface area contributed by atoms with Gasteiger partial charge in [-0.05, 0) is 32.0 Å². The Balaban J connectivity index is 2.40. The number of nitrogens with one attached hydrogen (secondary N) is 1. The van der Waals surface area contributed by atoms with Crippen molar-refractivity contribution in [1.29, 1.82) is 0 Å². The molecule has 0 spiro atoms. The quantitative estimate of drug-likeness (QED) is 0.717. The van der Waals surface area contributed by atoms with Gasteiger partial charge in [-0.2, -0.15) is 0 Å². The summed E-state index contributed by atoms with van der Waals surface area (Å²) in [5, 5.41) is 4.03. The Morgan fingerprint density at radius 1 is 1.37 bits per heavy atom. The first kappa shape index (κ1) is 13.1. The normalized spacial score (nSPS) is 11.5. The van der Waals surface area contributed by atoms with Crippen molar-refractivity contribution in [2.24, 2.45) is 5.73 Å². The molecule has 6 nitrogen and oxygen atoms in total. The summed E-state index contributed by atoms with van der Waals surface area (Å²) < 4.78 is 0. The molecule has 100 valence electrons. The first-order valence-corrected chi connectivity index (χ1v) is 5.94. The molecular weight excluding hydrogens is 242 g/mol. The van der Waals surface area contributed by atoms with Gasteiger partial charge in [0, 0.05) is 23.0 Å². The summed E-state index contributed by atoms with van der Waals surface area (Å²) in [6.45, 7) is 3.77. The molecule has 1 aromatic carbocycles. The fourth-order valence-corrected chi connectivity index (χ4v) is 1.97. The highest BCUT2D eigenvalue weighted by atomic mass is 16.1. The number of hydrogen-bond donors (Lipinski definition) is 3. The van der Waals surface area contributed by atoms with E-state index in [1.807, 2.05) is 19.9 Å². The van der Waals surface area contributed by atoms with Crippen LogP contribution in [0.4, 0.5) is 11.5 Å². The predicted octanol–water partition coefficient (Wildman–Crippen LogP) is 1.28. The zero-order valence-electron chi connectivity index (χ0n) is 11.0. The van der Waals surface area contributed by atoms with Crippen LogP contribution in [0.3, 0.4) is 0 Å². The van der Waals surface area contributed by atoms with E-state index in [9.17, 15) is 4.79 Å². The van der Waals surface area contributed by atoms with Crippen molar-refractivity contribution in [2.75, 3.05) is 11.1 Å². The molecule has 0 unspecified atom stereocenters. The van der Waals surface area contributed by atoms with Gasteiger partial charge in [-0.1, -0.05) is 0 Å². The lowest BCUT2D eigenvalue weighted by atomic mass is 10.00. The molecule has 0 atom stereocenters. The monoisotopic (exact) mass is 259 g/mol. The second-order valence-corrected chi connectivity index (χ2v) is 5.15. The molecule has 19 heavy (non-hydrogen) atoms. The van der Waals surface area contributed by atoms with Crippen LogP contribution in [0.5, 0.6) is 0 Å². The first-order chi connectivity index (χ1) is 8.87. The smallest absolute Gasteiger partial charge is 0.219 e. The van der Waals surface area contributed by atoms with Crippen molar-refractivity contribution < 1.29 is 4.79 Å². The van der Waals surface area contributed by atoms with E-state index < -0.39 is 5.54 Å². The third-order valence-electron chi connectivity index (χ3n) is 2.73. The molecule has 0 radical (unpaired) electrons. The second kappa shape index (κ2) is 4.72.